The minimum absolute atomic E-state index is 0.387. The highest BCUT2D eigenvalue weighted by atomic mass is 79.9. The molecule has 1 heterocycles. The lowest BCUT2D eigenvalue weighted by Gasteiger charge is -2.15. The Labute approximate surface area is 131 Å². The Balaban J connectivity index is 2.46. The topological polar surface area (TPSA) is 26.0 Å². The predicted octanol–water partition coefficient (Wildman–Crippen LogP) is 5.54. The number of benzene rings is 1. The second kappa shape index (κ2) is 5.67. The molecule has 2 N–H and O–H groups in total. The number of halogens is 5. The van der Waals surface area contributed by atoms with Gasteiger partial charge in [0.2, 0.25) is 0 Å². The molecule has 0 saturated heterocycles. The molecule has 0 aliphatic rings. The fraction of sp³-hybridized carbons (Fsp3) is 0.231. The highest BCUT2D eigenvalue weighted by molar-refractivity contribution is 9.10. The zero-order chi connectivity index (χ0) is 15.1. The molecule has 0 saturated carbocycles. The lowest BCUT2D eigenvalue weighted by Crippen LogP contribution is -2.13. The van der Waals surface area contributed by atoms with Crippen molar-refractivity contribution in [3.8, 4) is 0 Å². The van der Waals surface area contributed by atoms with Gasteiger partial charge in [0.1, 0.15) is 0 Å². The lowest BCUT2D eigenvalue weighted by atomic mass is 10.0. The average molecular weight is 385 g/mol. The summed E-state index contributed by atoms with van der Waals surface area (Å²) < 4.78 is 39.4. The molecule has 0 amide bonds. The van der Waals surface area contributed by atoms with E-state index in [9.17, 15) is 13.2 Å². The van der Waals surface area contributed by atoms with Crippen LogP contribution in [0.3, 0.4) is 0 Å². The molecule has 108 valence electrons. The van der Waals surface area contributed by atoms with E-state index >= 15 is 0 Å². The van der Waals surface area contributed by atoms with Crippen molar-refractivity contribution in [1.29, 1.82) is 0 Å². The summed E-state index contributed by atoms with van der Waals surface area (Å²) in [4.78, 5) is 0.729. The molecule has 0 fully saturated rings. The van der Waals surface area contributed by atoms with Gasteiger partial charge in [0, 0.05) is 9.35 Å². The Kier molecular flexibility index (Phi) is 4.49. The zero-order valence-corrected chi connectivity index (χ0v) is 13.4. The van der Waals surface area contributed by atoms with Crippen LogP contribution in [0.15, 0.2) is 28.7 Å². The molecule has 0 aliphatic heterocycles. The molecule has 1 nitrogen and oxygen atoms in total. The van der Waals surface area contributed by atoms with Crippen molar-refractivity contribution in [1.82, 2.24) is 0 Å². The minimum Gasteiger partial charge on any atom is -0.320 e. The molecule has 20 heavy (non-hydrogen) atoms. The van der Waals surface area contributed by atoms with Crippen LogP contribution >= 0.6 is 38.9 Å². The Bertz CT molecular complexity index is 620. The van der Waals surface area contributed by atoms with Gasteiger partial charge in [0.05, 0.1) is 15.9 Å². The van der Waals surface area contributed by atoms with Crippen molar-refractivity contribution in [3.05, 3.63) is 54.6 Å². The maximum Gasteiger partial charge on any atom is 0.416 e. The van der Waals surface area contributed by atoms with Gasteiger partial charge in [0.25, 0.3) is 0 Å². The van der Waals surface area contributed by atoms with Gasteiger partial charge >= 0.3 is 6.18 Å². The molecule has 1 unspecified atom stereocenters. The maximum atomic E-state index is 12.8. The van der Waals surface area contributed by atoms with E-state index in [4.69, 9.17) is 17.3 Å². The number of hydrogen-bond donors (Lipinski definition) is 1. The van der Waals surface area contributed by atoms with Crippen molar-refractivity contribution >= 4 is 38.9 Å². The molecule has 7 heteroatoms. The summed E-state index contributed by atoms with van der Waals surface area (Å²) in [7, 11) is 0. The Morgan fingerprint density at radius 3 is 2.45 bits per heavy atom. The molecular weight excluding hydrogens is 375 g/mol. The van der Waals surface area contributed by atoms with Crippen LogP contribution < -0.4 is 5.73 Å². The zero-order valence-electron chi connectivity index (χ0n) is 10.3. The summed E-state index contributed by atoms with van der Waals surface area (Å²) in [5, 5.41) is 0. The van der Waals surface area contributed by atoms with Crippen LogP contribution in [-0.4, -0.2) is 0 Å². The summed E-state index contributed by atoms with van der Waals surface area (Å²) in [6.45, 7) is 1.83. The fourth-order valence-electron chi connectivity index (χ4n) is 1.75. The highest BCUT2D eigenvalue weighted by Gasteiger charge is 2.31. The van der Waals surface area contributed by atoms with E-state index in [0.29, 0.717) is 14.4 Å². The highest BCUT2D eigenvalue weighted by Crippen LogP contribution is 2.38. The third kappa shape index (κ3) is 3.19. The summed E-state index contributed by atoms with van der Waals surface area (Å²) in [5.74, 6) is 0. The van der Waals surface area contributed by atoms with E-state index in [1.165, 1.54) is 17.4 Å². The number of thiophene rings is 1. The Morgan fingerprint density at radius 2 is 1.95 bits per heavy atom. The van der Waals surface area contributed by atoms with Crippen LogP contribution in [0.2, 0.25) is 4.34 Å². The van der Waals surface area contributed by atoms with Gasteiger partial charge in [-0.05, 0) is 42.3 Å². The molecular formula is C13H10BrClF3NS. The smallest absolute Gasteiger partial charge is 0.320 e. The second-order valence-corrected chi connectivity index (χ2v) is 6.86. The van der Waals surface area contributed by atoms with Gasteiger partial charge in [0.15, 0.2) is 0 Å². The van der Waals surface area contributed by atoms with E-state index in [-0.39, 0.29) is 0 Å². The molecule has 0 spiro atoms. The van der Waals surface area contributed by atoms with Crippen LogP contribution in [-0.2, 0) is 6.18 Å². The second-order valence-electron chi connectivity index (χ2n) is 4.32. The monoisotopic (exact) mass is 383 g/mol. The first-order valence-corrected chi connectivity index (χ1v) is 7.57. The molecule has 2 aromatic rings. The maximum absolute atomic E-state index is 12.8. The van der Waals surface area contributed by atoms with Gasteiger partial charge in [-0.3, -0.25) is 0 Å². The van der Waals surface area contributed by atoms with Gasteiger partial charge in [-0.2, -0.15) is 13.2 Å². The Hall–Kier alpha value is -0.560. The van der Waals surface area contributed by atoms with E-state index in [2.05, 4.69) is 15.9 Å². The van der Waals surface area contributed by atoms with Crippen LogP contribution in [0.25, 0.3) is 0 Å². The van der Waals surface area contributed by atoms with Crippen LogP contribution in [0.5, 0.6) is 0 Å². The predicted molar refractivity (Wildman–Crippen MR) is 79.2 cm³/mol. The van der Waals surface area contributed by atoms with E-state index < -0.39 is 17.8 Å². The first-order chi connectivity index (χ1) is 9.20. The molecule has 2 rings (SSSR count). The first kappa shape index (κ1) is 15.8. The third-order valence-electron chi connectivity index (χ3n) is 2.84. The summed E-state index contributed by atoms with van der Waals surface area (Å²) in [5.41, 5.74) is 6.60. The largest absolute Gasteiger partial charge is 0.416 e. The SMILES string of the molecule is Cc1cc(C(N)c2cc(C(F)(F)F)ccc2Br)sc1Cl. The number of hydrogen-bond acceptors (Lipinski definition) is 2. The summed E-state index contributed by atoms with van der Waals surface area (Å²) in [6.07, 6.45) is -4.39. The van der Waals surface area contributed by atoms with E-state index in [0.717, 1.165) is 22.6 Å². The standard InChI is InChI=1S/C13H10BrClF3NS/c1-6-4-10(20-12(6)15)11(19)8-5-7(13(16,17)18)2-3-9(8)14/h2-5,11H,19H2,1H3. The van der Waals surface area contributed by atoms with Gasteiger partial charge in [-0.1, -0.05) is 27.5 Å². The fourth-order valence-corrected chi connectivity index (χ4v) is 3.48. The van der Waals surface area contributed by atoms with E-state index in [1.807, 2.05) is 6.92 Å². The van der Waals surface area contributed by atoms with Gasteiger partial charge in [-0.15, -0.1) is 11.3 Å². The number of alkyl halides is 3. The first-order valence-electron chi connectivity index (χ1n) is 5.58. The molecule has 0 radical (unpaired) electrons. The van der Waals surface area contributed by atoms with E-state index in [1.54, 1.807) is 6.07 Å². The van der Waals surface area contributed by atoms with Crippen LogP contribution in [0, 0.1) is 6.92 Å². The quantitative estimate of drug-likeness (QED) is 0.723. The van der Waals surface area contributed by atoms with Crippen LogP contribution in [0.4, 0.5) is 13.2 Å². The minimum atomic E-state index is -4.39. The molecule has 0 aliphatic carbocycles. The van der Waals surface area contributed by atoms with Gasteiger partial charge in [-0.25, -0.2) is 0 Å². The van der Waals surface area contributed by atoms with Crippen molar-refractivity contribution < 1.29 is 13.2 Å². The number of aryl methyl sites for hydroxylation is 1. The van der Waals surface area contributed by atoms with Crippen molar-refractivity contribution in [2.75, 3.05) is 0 Å². The number of rotatable bonds is 2. The molecule has 1 aromatic carbocycles. The lowest BCUT2D eigenvalue weighted by molar-refractivity contribution is -0.137. The Morgan fingerprint density at radius 1 is 1.30 bits per heavy atom. The molecule has 0 bridgehead atoms. The van der Waals surface area contributed by atoms with Crippen molar-refractivity contribution in [2.24, 2.45) is 5.73 Å². The third-order valence-corrected chi connectivity index (χ3v) is 5.20. The van der Waals surface area contributed by atoms with Crippen molar-refractivity contribution in [2.45, 2.75) is 19.1 Å². The van der Waals surface area contributed by atoms with Crippen molar-refractivity contribution in [3.63, 3.8) is 0 Å². The normalized spacial score (nSPS) is 13.6. The summed E-state index contributed by atoms with van der Waals surface area (Å²) in [6, 6.07) is 4.60. The molecule has 1 atom stereocenters. The van der Waals surface area contributed by atoms with Gasteiger partial charge < -0.3 is 5.73 Å². The summed E-state index contributed by atoms with van der Waals surface area (Å²) >= 11 is 10.5. The van der Waals surface area contributed by atoms with Crippen LogP contribution in [0.1, 0.15) is 27.6 Å². The average Bonchev–Trinajstić information content (AvgIpc) is 2.68. The molecule has 1 aromatic heterocycles. The number of nitrogens with two attached hydrogens (primary N) is 1.